The lowest BCUT2D eigenvalue weighted by Gasteiger charge is -2.31. The summed E-state index contributed by atoms with van der Waals surface area (Å²) in [5.41, 5.74) is 19.5. The number of aromatic carboxylic acids is 1. The van der Waals surface area contributed by atoms with Gasteiger partial charge < -0.3 is 27.2 Å². The third-order valence-corrected chi connectivity index (χ3v) is 4.82. The van der Waals surface area contributed by atoms with Gasteiger partial charge in [-0.2, -0.15) is 0 Å². The minimum atomic E-state index is -1.05. The Morgan fingerprint density at radius 1 is 1.14 bits per heavy atom. The molecule has 0 atom stereocenters. The molecule has 0 unspecified atom stereocenters. The van der Waals surface area contributed by atoms with Crippen molar-refractivity contribution in [3.05, 3.63) is 79.2 Å². The maximum absolute atomic E-state index is 11.6. The van der Waals surface area contributed by atoms with Crippen LogP contribution in [-0.2, 0) is 19.5 Å². The van der Waals surface area contributed by atoms with E-state index in [4.69, 9.17) is 22.3 Å². The first-order chi connectivity index (χ1) is 13.8. The molecule has 29 heavy (non-hydrogen) atoms. The Morgan fingerprint density at radius 3 is 2.48 bits per heavy atom. The molecule has 9 nitrogen and oxygen atoms in total. The molecule has 0 radical (unpaired) electrons. The summed E-state index contributed by atoms with van der Waals surface area (Å²) in [5, 5.41) is 8.45. The normalized spacial score (nSPS) is 12.8. The molecular weight excluding hydrogens is 374 g/mol. The number of nitrogens with two attached hydrogens (primary N) is 3. The largest absolute Gasteiger partial charge is 0.478 e. The topological polar surface area (TPSA) is 166 Å². The van der Waals surface area contributed by atoms with Crippen LogP contribution in [0.4, 0.5) is 17.2 Å². The van der Waals surface area contributed by atoms with Crippen LogP contribution in [0.3, 0.4) is 0 Å². The molecule has 0 bridgehead atoms. The van der Waals surface area contributed by atoms with Crippen LogP contribution in [-0.4, -0.2) is 22.6 Å². The van der Waals surface area contributed by atoms with Gasteiger partial charge >= 0.3 is 5.97 Å². The van der Waals surface area contributed by atoms with Crippen molar-refractivity contribution in [1.82, 2.24) is 4.98 Å². The van der Waals surface area contributed by atoms with Crippen molar-refractivity contribution in [3.8, 4) is 0 Å². The number of hydrogen-bond acceptors (Lipinski definition) is 8. The van der Waals surface area contributed by atoms with E-state index in [2.05, 4.69) is 17.1 Å². The number of nitrogens with zero attached hydrogens (tertiary/aromatic N) is 2. The Hall–Kier alpha value is -3.72. The molecule has 150 valence electrons. The third kappa shape index (κ3) is 3.94. The third-order valence-electron chi connectivity index (χ3n) is 4.82. The Bertz CT molecular complexity index is 1130. The molecule has 7 N–H and O–H groups in total. The molecule has 0 aliphatic carbocycles. The number of fused-ring (bicyclic) bond motifs is 1. The van der Waals surface area contributed by atoms with Crippen molar-refractivity contribution in [2.24, 2.45) is 5.73 Å². The fraction of sp³-hybridized carbons (Fsp3) is 0.200. The molecule has 1 aromatic heterocycles. The second-order valence-electron chi connectivity index (χ2n) is 6.64. The van der Waals surface area contributed by atoms with E-state index in [-0.39, 0.29) is 17.1 Å². The molecule has 2 heterocycles. The first-order valence-electron chi connectivity index (χ1n) is 8.91. The lowest BCUT2D eigenvalue weighted by Crippen LogP contribution is -2.44. The van der Waals surface area contributed by atoms with Crippen LogP contribution in [0.15, 0.2) is 46.1 Å². The molecule has 1 aliphatic rings. The summed E-state index contributed by atoms with van der Waals surface area (Å²) in [4.78, 5) is 38.5. The minimum absolute atomic E-state index is 0.0440. The Morgan fingerprint density at radius 2 is 1.90 bits per heavy atom. The van der Waals surface area contributed by atoms with E-state index in [1.807, 2.05) is 11.0 Å². The molecule has 0 saturated carbocycles. The van der Waals surface area contributed by atoms with Gasteiger partial charge in [0, 0.05) is 25.8 Å². The van der Waals surface area contributed by atoms with Gasteiger partial charge in [-0.3, -0.25) is 9.59 Å². The van der Waals surface area contributed by atoms with Gasteiger partial charge in [-0.1, -0.05) is 18.2 Å². The number of carboxylic acids is 1. The molecule has 0 saturated heterocycles. The lowest BCUT2D eigenvalue weighted by atomic mass is 9.96. The molecule has 2 aromatic carbocycles. The van der Waals surface area contributed by atoms with Crippen molar-refractivity contribution in [2.75, 3.05) is 22.9 Å². The quantitative estimate of drug-likeness (QED) is 0.455. The standard InChI is InChI=1S/C14H15N3O2.C6H6N2O2/c15-6-8-1-2-9-3-4-17(7-10(9)5-8)12-11(16)13(18)14(12)19;7-5-4(6(9)10)2-1-3-8-5/h1-2,5H,3-4,6-7,15-16H2;1-3H,(H2,7,8)(H,9,10). The highest BCUT2D eigenvalue weighted by Gasteiger charge is 2.26. The highest BCUT2D eigenvalue weighted by atomic mass is 16.4. The number of nitrogen functional groups attached to an aromatic ring is 2. The Kier molecular flexibility index (Phi) is 5.60. The first-order valence-corrected chi connectivity index (χ1v) is 8.91. The summed E-state index contributed by atoms with van der Waals surface area (Å²) >= 11 is 0. The van der Waals surface area contributed by atoms with Crippen LogP contribution in [0, 0.1) is 0 Å². The van der Waals surface area contributed by atoms with E-state index in [0.29, 0.717) is 25.3 Å². The minimum Gasteiger partial charge on any atom is -0.478 e. The van der Waals surface area contributed by atoms with Crippen LogP contribution >= 0.6 is 0 Å². The Balaban J connectivity index is 0.000000204. The van der Waals surface area contributed by atoms with Crippen molar-refractivity contribution in [2.45, 2.75) is 19.5 Å². The van der Waals surface area contributed by atoms with Gasteiger partial charge in [0.15, 0.2) is 0 Å². The van der Waals surface area contributed by atoms with Crippen molar-refractivity contribution in [3.63, 3.8) is 0 Å². The maximum Gasteiger partial charge on any atom is 0.339 e. The highest BCUT2D eigenvalue weighted by Crippen LogP contribution is 2.26. The van der Waals surface area contributed by atoms with E-state index in [0.717, 1.165) is 17.5 Å². The van der Waals surface area contributed by atoms with Gasteiger partial charge in [0.2, 0.25) is 0 Å². The van der Waals surface area contributed by atoms with E-state index in [9.17, 15) is 14.4 Å². The zero-order valence-electron chi connectivity index (χ0n) is 15.6. The first kappa shape index (κ1) is 20.0. The Labute approximate surface area is 166 Å². The van der Waals surface area contributed by atoms with E-state index >= 15 is 0 Å². The number of aromatic nitrogens is 1. The molecule has 1 aliphatic heterocycles. The predicted octanol–water partition coefficient (Wildman–Crippen LogP) is 0.248. The summed E-state index contributed by atoms with van der Waals surface area (Å²) < 4.78 is 0. The summed E-state index contributed by atoms with van der Waals surface area (Å²) in [7, 11) is 0. The van der Waals surface area contributed by atoms with Crippen LogP contribution < -0.4 is 33.0 Å². The predicted molar refractivity (Wildman–Crippen MR) is 110 cm³/mol. The van der Waals surface area contributed by atoms with E-state index in [1.54, 1.807) is 0 Å². The zero-order valence-corrected chi connectivity index (χ0v) is 15.6. The van der Waals surface area contributed by atoms with E-state index < -0.39 is 16.8 Å². The molecule has 0 fully saturated rings. The molecule has 9 heteroatoms. The number of anilines is 3. The van der Waals surface area contributed by atoms with Crippen molar-refractivity contribution < 1.29 is 9.90 Å². The van der Waals surface area contributed by atoms with Gasteiger partial charge in [-0.25, -0.2) is 9.78 Å². The van der Waals surface area contributed by atoms with E-state index in [1.165, 1.54) is 23.9 Å². The summed E-state index contributed by atoms with van der Waals surface area (Å²) in [6.45, 7) is 1.82. The van der Waals surface area contributed by atoms with Crippen LogP contribution in [0.2, 0.25) is 0 Å². The summed E-state index contributed by atoms with van der Waals surface area (Å²) in [6.07, 6.45) is 2.29. The average Bonchev–Trinajstić information content (AvgIpc) is 2.73. The zero-order chi connectivity index (χ0) is 21.1. The number of hydrogen-bond donors (Lipinski definition) is 4. The number of rotatable bonds is 3. The number of carboxylic acid groups (broad SMARTS) is 1. The molecule has 0 spiro atoms. The number of pyridine rings is 1. The monoisotopic (exact) mass is 395 g/mol. The smallest absolute Gasteiger partial charge is 0.339 e. The van der Waals surface area contributed by atoms with Gasteiger partial charge in [-0.05, 0) is 35.2 Å². The second-order valence-corrected chi connectivity index (χ2v) is 6.64. The molecule has 4 rings (SSSR count). The fourth-order valence-electron chi connectivity index (χ4n) is 3.24. The van der Waals surface area contributed by atoms with Crippen molar-refractivity contribution in [1.29, 1.82) is 0 Å². The van der Waals surface area contributed by atoms with Crippen LogP contribution in [0.25, 0.3) is 0 Å². The number of carbonyl (C=O) groups is 1. The van der Waals surface area contributed by atoms with Gasteiger partial charge in [-0.15, -0.1) is 0 Å². The number of benzene rings is 1. The molecule has 0 amide bonds. The fourth-order valence-corrected chi connectivity index (χ4v) is 3.24. The van der Waals surface area contributed by atoms with Gasteiger partial charge in [0.1, 0.15) is 22.8 Å². The lowest BCUT2D eigenvalue weighted by molar-refractivity contribution is 0.0697. The summed E-state index contributed by atoms with van der Waals surface area (Å²) in [6, 6.07) is 9.11. The molecular formula is C20H21N5O4. The average molecular weight is 395 g/mol. The van der Waals surface area contributed by atoms with Crippen molar-refractivity contribution >= 4 is 23.2 Å². The summed E-state index contributed by atoms with van der Waals surface area (Å²) in [5.74, 6) is -0.999. The van der Waals surface area contributed by atoms with Crippen LogP contribution in [0.1, 0.15) is 27.0 Å². The van der Waals surface area contributed by atoms with Gasteiger partial charge in [0.05, 0.1) is 0 Å². The SMILES string of the molecule is NCc1ccc2c(c1)CN(c1c(N)c(=O)c1=O)CC2.Nc1ncccc1C(=O)O. The van der Waals surface area contributed by atoms with Gasteiger partial charge in [0.25, 0.3) is 10.9 Å². The highest BCUT2D eigenvalue weighted by molar-refractivity contribution is 5.92. The molecule has 3 aromatic rings. The second kappa shape index (κ2) is 8.11. The maximum atomic E-state index is 11.6. The van der Waals surface area contributed by atoms with Crippen LogP contribution in [0.5, 0.6) is 0 Å².